The third kappa shape index (κ3) is 3.65. The summed E-state index contributed by atoms with van der Waals surface area (Å²) in [5.41, 5.74) is 2.87. The Bertz CT molecular complexity index is 540. The van der Waals surface area contributed by atoms with Crippen LogP contribution in [0.5, 0.6) is 0 Å². The maximum absolute atomic E-state index is 5.86. The molecule has 0 fully saturated rings. The molecule has 0 radical (unpaired) electrons. The van der Waals surface area contributed by atoms with Crippen molar-refractivity contribution in [3.8, 4) is 0 Å². The fourth-order valence-corrected chi connectivity index (χ4v) is 2.72. The van der Waals surface area contributed by atoms with E-state index in [1.54, 1.807) is 13.3 Å². The van der Waals surface area contributed by atoms with Crippen molar-refractivity contribution < 1.29 is 24.1 Å². The second-order valence-corrected chi connectivity index (χ2v) is 7.68. The first-order valence-corrected chi connectivity index (χ1v) is 8.25. The Morgan fingerprint density at radius 1 is 1.42 bits per heavy atom. The molecule has 0 unspecified atom stereocenters. The van der Waals surface area contributed by atoms with Gasteiger partial charge in [0.2, 0.25) is 0 Å². The number of hydrogen-bond acceptors (Lipinski definition) is 3. The number of methoxy groups -OCH3 is 1. The molecule has 1 aromatic rings. The molecule has 1 aromatic heterocycles. The summed E-state index contributed by atoms with van der Waals surface area (Å²) in [6, 6.07) is 0. The normalized spacial score (nSPS) is 15.5. The molecular weight excluding hydrogens is 478 g/mol. The molecule has 102 valence electrons. The standard InChI is InChI=1S/C12H11Cl3N2O.W/c1-18-7-9-6-16-11(12(13,14)15)17-10(9)8-4-2-3-5-8;/h4,6H,2-3,5H2,1H3;. The predicted molar refractivity (Wildman–Crippen MR) is 74.2 cm³/mol. The van der Waals surface area contributed by atoms with Gasteiger partial charge in [-0.3, -0.25) is 0 Å². The molecular formula is C12H11Cl3N2OW. The van der Waals surface area contributed by atoms with Gasteiger partial charge >= 0.3 is 138 Å². The van der Waals surface area contributed by atoms with Crippen molar-refractivity contribution in [3.05, 3.63) is 29.4 Å². The van der Waals surface area contributed by atoms with Crippen LogP contribution in [0, 0.1) is 0 Å². The number of aromatic nitrogens is 2. The molecule has 0 bridgehead atoms. The molecule has 1 aliphatic rings. The van der Waals surface area contributed by atoms with E-state index in [2.05, 4.69) is 16.0 Å². The predicted octanol–water partition coefficient (Wildman–Crippen LogP) is 3.54. The second-order valence-electron chi connectivity index (χ2n) is 4.07. The number of hydrogen-bond donors (Lipinski definition) is 0. The summed E-state index contributed by atoms with van der Waals surface area (Å²) < 4.78 is 4.53. The monoisotopic (exact) mass is 488 g/mol. The Morgan fingerprint density at radius 2 is 2.16 bits per heavy atom. The van der Waals surface area contributed by atoms with Gasteiger partial charge in [0.1, 0.15) is 0 Å². The molecule has 2 rings (SSSR count). The molecule has 0 amide bonds. The Morgan fingerprint density at radius 3 is 2.68 bits per heavy atom. The maximum atomic E-state index is 5.86. The van der Waals surface area contributed by atoms with Gasteiger partial charge < -0.3 is 0 Å². The molecule has 0 atom stereocenters. The Labute approximate surface area is 137 Å². The quantitative estimate of drug-likeness (QED) is 0.610. The van der Waals surface area contributed by atoms with Crippen LogP contribution in [0.25, 0.3) is 5.57 Å². The van der Waals surface area contributed by atoms with Gasteiger partial charge in [0.05, 0.1) is 0 Å². The van der Waals surface area contributed by atoms with E-state index in [0.29, 0.717) is 0 Å². The zero-order valence-corrected chi connectivity index (χ0v) is 15.3. The average Bonchev–Trinajstić information content (AvgIpc) is 2.89. The Balaban J connectivity index is 2.53. The molecule has 7 heteroatoms. The first-order valence-electron chi connectivity index (χ1n) is 5.65. The van der Waals surface area contributed by atoms with E-state index in [-0.39, 0.29) is 5.82 Å². The first kappa shape index (κ1) is 15.6. The van der Waals surface area contributed by atoms with E-state index in [4.69, 9.17) is 39.5 Å². The summed E-state index contributed by atoms with van der Waals surface area (Å²) in [7, 11) is 1.64. The van der Waals surface area contributed by atoms with Gasteiger partial charge in [0, 0.05) is 0 Å². The van der Waals surface area contributed by atoms with Crippen molar-refractivity contribution in [2.75, 3.05) is 7.11 Å². The number of alkyl halides is 3. The van der Waals surface area contributed by atoms with Gasteiger partial charge in [-0.05, 0) is 0 Å². The summed E-state index contributed by atoms with van der Waals surface area (Å²) in [4.78, 5) is 8.56. The number of allylic oxidation sites excluding steroid dienone is 2. The van der Waals surface area contributed by atoms with E-state index >= 15 is 0 Å². The third-order valence-electron chi connectivity index (χ3n) is 2.79. The van der Waals surface area contributed by atoms with E-state index in [1.165, 1.54) is 24.9 Å². The van der Waals surface area contributed by atoms with Crippen molar-refractivity contribution in [1.29, 1.82) is 0 Å². The van der Waals surface area contributed by atoms with Gasteiger partial charge in [0.25, 0.3) is 0 Å². The molecule has 0 aromatic carbocycles. The molecule has 1 heterocycles. The zero-order valence-electron chi connectivity index (χ0n) is 10.1. The van der Waals surface area contributed by atoms with Crippen molar-refractivity contribution in [1.82, 2.24) is 9.97 Å². The van der Waals surface area contributed by atoms with Gasteiger partial charge in [-0.25, -0.2) is 0 Å². The van der Waals surface area contributed by atoms with E-state index in [9.17, 15) is 0 Å². The number of halogens is 3. The number of ether oxygens (including phenoxy) is 1. The molecule has 0 N–H and O–H groups in total. The Kier molecular flexibility index (Phi) is 5.19. The van der Waals surface area contributed by atoms with Crippen molar-refractivity contribution in [3.63, 3.8) is 0 Å². The molecule has 0 spiro atoms. The van der Waals surface area contributed by atoms with Crippen molar-refractivity contribution in [2.45, 2.75) is 23.1 Å². The van der Waals surface area contributed by atoms with Crippen LogP contribution in [0.1, 0.15) is 36.3 Å². The second kappa shape index (κ2) is 6.32. The minimum atomic E-state index is -1.61. The SMILES string of the molecule is CO[C](=[W])c1cnc(C(Cl)(Cl)Cl)nc1C1=CCCC1. The molecule has 1 aliphatic carbocycles. The average molecular weight is 489 g/mol. The number of nitrogens with zero attached hydrogens (tertiary/aromatic N) is 2. The molecule has 0 saturated heterocycles. The first-order chi connectivity index (χ1) is 8.93. The third-order valence-corrected chi connectivity index (χ3v) is 4.69. The number of rotatable bonds is 3. The van der Waals surface area contributed by atoms with E-state index in [0.717, 1.165) is 34.6 Å². The van der Waals surface area contributed by atoms with Gasteiger partial charge in [-0.1, -0.05) is 0 Å². The molecule has 0 saturated carbocycles. The van der Waals surface area contributed by atoms with Gasteiger partial charge in [0.15, 0.2) is 0 Å². The van der Waals surface area contributed by atoms with Gasteiger partial charge in [-0.2, -0.15) is 0 Å². The van der Waals surface area contributed by atoms with Crippen LogP contribution in [-0.4, -0.2) is 21.2 Å². The van der Waals surface area contributed by atoms with Gasteiger partial charge in [-0.15, -0.1) is 0 Å². The summed E-state index contributed by atoms with van der Waals surface area (Å²) >= 11 is 18.8. The Hall–Kier alpha value is 0.208. The van der Waals surface area contributed by atoms with Crippen LogP contribution >= 0.6 is 34.8 Å². The zero-order chi connectivity index (χ0) is 14.0. The molecule has 0 aliphatic heterocycles. The fraction of sp³-hybridized carbons (Fsp3) is 0.417. The van der Waals surface area contributed by atoms with Crippen molar-refractivity contribution in [2.24, 2.45) is 0 Å². The van der Waals surface area contributed by atoms with Crippen molar-refractivity contribution >= 4 is 44.5 Å². The summed E-state index contributed by atoms with van der Waals surface area (Å²) in [5, 5.41) is 0. The summed E-state index contributed by atoms with van der Waals surface area (Å²) in [5.74, 6) is 0.197. The van der Waals surface area contributed by atoms with Crippen LogP contribution in [-0.2, 0) is 27.9 Å². The van der Waals surface area contributed by atoms with Crippen LogP contribution in [0.2, 0.25) is 0 Å². The van der Waals surface area contributed by atoms with Crippen LogP contribution < -0.4 is 0 Å². The molecule has 3 nitrogen and oxygen atoms in total. The minimum absolute atomic E-state index is 0.197. The van der Waals surface area contributed by atoms with E-state index < -0.39 is 3.79 Å². The topological polar surface area (TPSA) is 35.0 Å². The van der Waals surface area contributed by atoms with Crippen LogP contribution in [0.4, 0.5) is 0 Å². The summed E-state index contributed by atoms with van der Waals surface area (Å²) in [6.45, 7) is 0. The van der Waals surface area contributed by atoms with Crippen LogP contribution in [0.3, 0.4) is 0 Å². The summed E-state index contributed by atoms with van der Waals surface area (Å²) in [6.07, 6.45) is 7.01. The van der Waals surface area contributed by atoms with Crippen LogP contribution in [0.15, 0.2) is 12.3 Å². The fourth-order valence-electron chi connectivity index (χ4n) is 1.91. The van der Waals surface area contributed by atoms with E-state index in [1.807, 2.05) is 0 Å². The molecule has 19 heavy (non-hydrogen) atoms.